The van der Waals surface area contributed by atoms with E-state index in [2.05, 4.69) is 14.7 Å². The van der Waals surface area contributed by atoms with Crippen LogP contribution in [-0.2, 0) is 28.4 Å². The first-order valence-corrected chi connectivity index (χ1v) is 12.6. The Labute approximate surface area is 199 Å². The van der Waals surface area contributed by atoms with Crippen molar-refractivity contribution >= 4 is 0 Å². The van der Waals surface area contributed by atoms with Crippen molar-refractivity contribution in [1.82, 2.24) is 14.7 Å². The molecule has 0 amide bonds. The number of ether oxygens (including phenoxy) is 6. The van der Waals surface area contributed by atoms with Crippen LogP contribution in [0.2, 0.25) is 0 Å². The molecule has 192 valence electrons. The highest BCUT2D eigenvalue weighted by Gasteiger charge is 2.37. The molecular weight excluding hydrogens is 426 g/mol. The van der Waals surface area contributed by atoms with E-state index in [4.69, 9.17) is 28.4 Å². The summed E-state index contributed by atoms with van der Waals surface area (Å²) in [5, 5.41) is 0. The van der Waals surface area contributed by atoms with E-state index >= 15 is 0 Å². The number of rotatable bonds is 6. The first kappa shape index (κ1) is 25.7. The van der Waals surface area contributed by atoms with Crippen LogP contribution >= 0.6 is 0 Å². The molecule has 3 unspecified atom stereocenters. The maximum atomic E-state index is 6.11. The van der Waals surface area contributed by atoms with Gasteiger partial charge in [0.1, 0.15) is 0 Å². The van der Waals surface area contributed by atoms with Crippen LogP contribution in [0, 0.1) is 0 Å². The summed E-state index contributed by atoms with van der Waals surface area (Å²) in [4.78, 5) is 7.56. The molecule has 4 fully saturated rings. The van der Waals surface area contributed by atoms with Crippen LogP contribution in [0.5, 0.6) is 0 Å². The Balaban J connectivity index is 1.36. The molecule has 0 aliphatic carbocycles. The van der Waals surface area contributed by atoms with Gasteiger partial charge in [0.2, 0.25) is 0 Å². The molecule has 0 bridgehead atoms. The number of hydrogen-bond acceptors (Lipinski definition) is 9. The summed E-state index contributed by atoms with van der Waals surface area (Å²) in [5.74, 6) is -1.45. The molecule has 0 spiro atoms. The summed E-state index contributed by atoms with van der Waals surface area (Å²) < 4.78 is 35.7. The highest BCUT2D eigenvalue weighted by molar-refractivity contribution is 4.82. The third-order valence-corrected chi connectivity index (χ3v) is 6.78. The van der Waals surface area contributed by atoms with Crippen molar-refractivity contribution in [3.05, 3.63) is 0 Å². The van der Waals surface area contributed by atoms with Gasteiger partial charge < -0.3 is 28.4 Å². The maximum Gasteiger partial charge on any atom is 0.163 e. The lowest BCUT2D eigenvalue weighted by molar-refractivity contribution is -0.141. The summed E-state index contributed by atoms with van der Waals surface area (Å²) in [5.41, 5.74) is 0. The van der Waals surface area contributed by atoms with Crippen LogP contribution in [0.1, 0.15) is 41.5 Å². The Hall–Kier alpha value is -0.360. The van der Waals surface area contributed by atoms with Gasteiger partial charge in [-0.1, -0.05) is 0 Å². The van der Waals surface area contributed by atoms with Crippen molar-refractivity contribution in [3.8, 4) is 0 Å². The second kappa shape index (κ2) is 10.3. The molecule has 3 atom stereocenters. The van der Waals surface area contributed by atoms with Gasteiger partial charge in [-0.3, -0.25) is 14.7 Å². The monoisotopic (exact) mass is 471 g/mol. The van der Waals surface area contributed by atoms with Crippen molar-refractivity contribution in [2.24, 2.45) is 0 Å². The average Bonchev–Trinajstić information content (AvgIpc) is 3.37. The smallest absolute Gasteiger partial charge is 0.163 e. The standard InChI is InChI=1S/C24H45N3O6/c1-22(2)28-16-19(31-22)13-25-7-9-26(14-20-17-29-23(3,4)32-20)11-12-27(10-8-25)15-21-18-30-24(5,6)33-21/h19-21H,7-18H2,1-6H3. The molecule has 0 radical (unpaired) electrons. The Morgan fingerprint density at radius 3 is 0.909 bits per heavy atom. The Morgan fingerprint density at radius 1 is 0.485 bits per heavy atom. The van der Waals surface area contributed by atoms with E-state index < -0.39 is 17.4 Å². The number of nitrogens with zero attached hydrogens (tertiary/aromatic N) is 3. The van der Waals surface area contributed by atoms with Crippen LogP contribution < -0.4 is 0 Å². The topological polar surface area (TPSA) is 65.1 Å². The maximum absolute atomic E-state index is 6.11. The highest BCUT2D eigenvalue weighted by Crippen LogP contribution is 2.25. The summed E-state index contributed by atoms with van der Waals surface area (Å²) >= 11 is 0. The van der Waals surface area contributed by atoms with E-state index in [1.807, 2.05) is 41.5 Å². The lowest BCUT2D eigenvalue weighted by atomic mass is 10.3. The van der Waals surface area contributed by atoms with Gasteiger partial charge in [-0.2, -0.15) is 0 Å². The summed E-state index contributed by atoms with van der Waals surface area (Å²) in [6.07, 6.45) is 0.340. The second-order valence-electron chi connectivity index (χ2n) is 11.3. The second-order valence-corrected chi connectivity index (χ2v) is 11.3. The minimum atomic E-state index is -0.485. The largest absolute Gasteiger partial charge is 0.348 e. The van der Waals surface area contributed by atoms with Crippen molar-refractivity contribution in [2.45, 2.75) is 77.2 Å². The van der Waals surface area contributed by atoms with Crippen LogP contribution in [0.15, 0.2) is 0 Å². The van der Waals surface area contributed by atoms with Gasteiger partial charge in [0.25, 0.3) is 0 Å². The van der Waals surface area contributed by atoms with Gasteiger partial charge in [-0.05, 0) is 41.5 Å². The van der Waals surface area contributed by atoms with Crippen LogP contribution in [0.3, 0.4) is 0 Å². The van der Waals surface area contributed by atoms with Crippen molar-refractivity contribution in [2.75, 3.05) is 78.7 Å². The van der Waals surface area contributed by atoms with Crippen LogP contribution in [0.25, 0.3) is 0 Å². The molecule has 4 heterocycles. The Kier molecular flexibility index (Phi) is 8.05. The van der Waals surface area contributed by atoms with Crippen LogP contribution in [0.4, 0.5) is 0 Å². The fraction of sp³-hybridized carbons (Fsp3) is 1.00. The van der Waals surface area contributed by atoms with Crippen LogP contribution in [-0.4, -0.2) is 129 Å². The van der Waals surface area contributed by atoms with Crippen molar-refractivity contribution in [1.29, 1.82) is 0 Å². The zero-order valence-electron chi connectivity index (χ0n) is 21.5. The normalized spacial score (nSPS) is 36.0. The van der Waals surface area contributed by atoms with E-state index in [0.717, 1.165) is 58.9 Å². The highest BCUT2D eigenvalue weighted by atomic mass is 16.8. The van der Waals surface area contributed by atoms with Gasteiger partial charge in [0, 0.05) is 58.9 Å². The SMILES string of the molecule is CC1(C)OCC(CN2CCN(CC3COC(C)(C)O3)CCN(CC3COC(C)(C)O3)CC2)O1. The molecule has 4 rings (SSSR count). The molecule has 0 N–H and O–H groups in total. The molecule has 9 heteroatoms. The molecule has 0 saturated carbocycles. The molecular formula is C24H45N3O6. The fourth-order valence-corrected chi connectivity index (χ4v) is 5.15. The van der Waals surface area contributed by atoms with E-state index in [-0.39, 0.29) is 18.3 Å². The fourth-order valence-electron chi connectivity index (χ4n) is 5.15. The minimum absolute atomic E-state index is 0.113. The Morgan fingerprint density at radius 2 is 0.727 bits per heavy atom. The van der Waals surface area contributed by atoms with E-state index in [9.17, 15) is 0 Å². The predicted octanol–water partition coefficient (Wildman–Crippen LogP) is 1.36. The van der Waals surface area contributed by atoms with Gasteiger partial charge in [-0.25, -0.2) is 0 Å². The van der Waals surface area contributed by atoms with E-state index in [1.165, 1.54) is 0 Å². The number of hydrogen-bond donors (Lipinski definition) is 0. The average molecular weight is 472 g/mol. The predicted molar refractivity (Wildman–Crippen MR) is 124 cm³/mol. The quantitative estimate of drug-likeness (QED) is 0.571. The molecule has 33 heavy (non-hydrogen) atoms. The molecule has 4 aliphatic rings. The van der Waals surface area contributed by atoms with Gasteiger partial charge in [0.05, 0.1) is 38.1 Å². The summed E-state index contributed by atoms with van der Waals surface area (Å²) in [6.45, 7) is 22.6. The third kappa shape index (κ3) is 7.81. The van der Waals surface area contributed by atoms with Gasteiger partial charge in [-0.15, -0.1) is 0 Å². The zero-order chi connectivity index (χ0) is 23.7. The molecule has 0 aromatic heterocycles. The molecule has 9 nitrogen and oxygen atoms in total. The minimum Gasteiger partial charge on any atom is -0.348 e. The first-order chi connectivity index (χ1) is 15.5. The third-order valence-electron chi connectivity index (χ3n) is 6.78. The lowest BCUT2D eigenvalue weighted by Gasteiger charge is -2.28. The summed E-state index contributed by atoms with van der Waals surface area (Å²) in [6, 6.07) is 0. The molecule has 4 saturated heterocycles. The van der Waals surface area contributed by atoms with E-state index in [1.54, 1.807) is 0 Å². The van der Waals surface area contributed by atoms with Gasteiger partial charge >= 0.3 is 0 Å². The van der Waals surface area contributed by atoms with Gasteiger partial charge in [0.15, 0.2) is 17.4 Å². The molecule has 4 aliphatic heterocycles. The Bertz CT molecular complexity index is 548. The van der Waals surface area contributed by atoms with E-state index in [0.29, 0.717) is 19.8 Å². The zero-order valence-corrected chi connectivity index (χ0v) is 21.5. The molecule has 0 aromatic carbocycles. The molecule has 0 aromatic rings. The lowest BCUT2D eigenvalue weighted by Crippen LogP contribution is -2.43. The van der Waals surface area contributed by atoms with Crippen molar-refractivity contribution < 1.29 is 28.4 Å². The summed E-state index contributed by atoms with van der Waals surface area (Å²) in [7, 11) is 0. The first-order valence-electron chi connectivity index (χ1n) is 12.6. The van der Waals surface area contributed by atoms with Crippen molar-refractivity contribution in [3.63, 3.8) is 0 Å².